The van der Waals surface area contributed by atoms with E-state index in [0.29, 0.717) is 18.1 Å². The van der Waals surface area contributed by atoms with Gasteiger partial charge >= 0.3 is 11.7 Å². The Labute approximate surface area is 160 Å². The second-order valence-electron chi connectivity index (χ2n) is 6.44. The summed E-state index contributed by atoms with van der Waals surface area (Å²) in [6.07, 6.45) is -1.19. The first kappa shape index (κ1) is 19.3. The van der Waals surface area contributed by atoms with Crippen LogP contribution >= 0.6 is 0 Å². The van der Waals surface area contributed by atoms with E-state index in [0.717, 1.165) is 5.69 Å². The Morgan fingerprint density at radius 3 is 2.61 bits per heavy atom. The zero-order valence-corrected chi connectivity index (χ0v) is 15.1. The number of carboxylic acid groups (broad SMARTS) is 1. The standard InChI is InChI=1S/C18H20FN5O4/c1-20-16-7-6-15(24(27)28)17(22-16)21-11-2-4-12(5-3-11)23-9-8-13(18(25)26)14(19)10-23/h2-7,13-14H,8-10H2,1H3,(H,25,26)(H2,20,21,22). The number of carboxylic acids is 1. The van der Waals surface area contributed by atoms with E-state index in [1.807, 2.05) is 0 Å². The number of anilines is 4. The van der Waals surface area contributed by atoms with Gasteiger partial charge < -0.3 is 20.6 Å². The second kappa shape index (κ2) is 8.07. The summed E-state index contributed by atoms with van der Waals surface area (Å²) in [7, 11) is 1.67. The Morgan fingerprint density at radius 1 is 1.32 bits per heavy atom. The Balaban J connectivity index is 1.74. The molecule has 1 fully saturated rings. The Hall–Kier alpha value is -3.43. The average molecular weight is 389 g/mol. The molecule has 0 aliphatic carbocycles. The third-order valence-corrected chi connectivity index (χ3v) is 4.68. The molecule has 2 unspecified atom stereocenters. The van der Waals surface area contributed by atoms with E-state index in [9.17, 15) is 19.3 Å². The quantitative estimate of drug-likeness (QED) is 0.509. The van der Waals surface area contributed by atoms with Gasteiger partial charge in [-0.05, 0) is 36.8 Å². The van der Waals surface area contributed by atoms with Crippen molar-refractivity contribution in [2.24, 2.45) is 5.92 Å². The van der Waals surface area contributed by atoms with Crippen LogP contribution in [0, 0.1) is 16.0 Å². The van der Waals surface area contributed by atoms with Gasteiger partial charge in [0, 0.05) is 31.0 Å². The molecule has 3 rings (SSSR count). The molecule has 0 radical (unpaired) electrons. The molecule has 0 amide bonds. The van der Waals surface area contributed by atoms with Crippen LogP contribution in [0.1, 0.15) is 6.42 Å². The largest absolute Gasteiger partial charge is 0.481 e. The fourth-order valence-electron chi connectivity index (χ4n) is 3.14. The number of pyridine rings is 1. The molecule has 9 nitrogen and oxygen atoms in total. The molecule has 1 aromatic heterocycles. The van der Waals surface area contributed by atoms with Crippen LogP contribution in [0.3, 0.4) is 0 Å². The predicted molar refractivity (Wildman–Crippen MR) is 103 cm³/mol. The molecule has 2 atom stereocenters. The number of alkyl halides is 1. The third kappa shape index (κ3) is 4.11. The number of hydrogen-bond donors (Lipinski definition) is 3. The van der Waals surface area contributed by atoms with E-state index in [-0.39, 0.29) is 24.5 Å². The van der Waals surface area contributed by atoms with Gasteiger partial charge in [0.1, 0.15) is 12.0 Å². The number of hydrogen-bond acceptors (Lipinski definition) is 7. The Kier molecular flexibility index (Phi) is 5.57. The summed E-state index contributed by atoms with van der Waals surface area (Å²) in [5, 5.41) is 26.0. The van der Waals surface area contributed by atoms with Gasteiger partial charge in [0.05, 0.1) is 17.4 Å². The summed E-state index contributed by atoms with van der Waals surface area (Å²) in [5.41, 5.74) is 1.19. The number of halogens is 1. The lowest BCUT2D eigenvalue weighted by molar-refractivity contribution is -0.384. The maximum atomic E-state index is 14.1. The number of aromatic nitrogens is 1. The van der Waals surface area contributed by atoms with E-state index >= 15 is 0 Å². The maximum Gasteiger partial charge on any atom is 0.311 e. The van der Waals surface area contributed by atoms with Crippen LogP contribution in [-0.4, -0.2) is 47.3 Å². The van der Waals surface area contributed by atoms with Gasteiger partial charge in [0.15, 0.2) is 0 Å². The molecular formula is C18H20FN5O4. The van der Waals surface area contributed by atoms with E-state index in [4.69, 9.17) is 5.11 Å². The molecule has 1 aliphatic heterocycles. The van der Waals surface area contributed by atoms with Gasteiger partial charge in [-0.1, -0.05) is 0 Å². The van der Waals surface area contributed by atoms with E-state index in [1.165, 1.54) is 12.1 Å². The lowest BCUT2D eigenvalue weighted by atomic mass is 9.95. The highest BCUT2D eigenvalue weighted by atomic mass is 19.1. The van der Waals surface area contributed by atoms with Gasteiger partial charge in [0.25, 0.3) is 0 Å². The maximum absolute atomic E-state index is 14.1. The summed E-state index contributed by atoms with van der Waals surface area (Å²) < 4.78 is 14.1. The number of benzene rings is 1. The summed E-state index contributed by atoms with van der Waals surface area (Å²) >= 11 is 0. The molecule has 3 N–H and O–H groups in total. The number of nitro groups is 1. The number of carbonyl (C=O) groups is 1. The Bertz CT molecular complexity index is 877. The van der Waals surface area contributed by atoms with Gasteiger partial charge in [-0.3, -0.25) is 14.9 Å². The van der Waals surface area contributed by atoms with Gasteiger partial charge in [0.2, 0.25) is 5.82 Å². The number of nitrogens with zero attached hydrogens (tertiary/aromatic N) is 3. The smallest absolute Gasteiger partial charge is 0.311 e. The molecule has 148 valence electrons. The molecular weight excluding hydrogens is 369 g/mol. The third-order valence-electron chi connectivity index (χ3n) is 4.68. The summed E-state index contributed by atoms with van der Waals surface area (Å²) in [6.45, 7) is 0.461. The van der Waals surface area contributed by atoms with Gasteiger partial charge in [-0.2, -0.15) is 0 Å². The summed E-state index contributed by atoms with van der Waals surface area (Å²) in [5.74, 6) is -1.48. The fraction of sp³-hybridized carbons (Fsp3) is 0.333. The van der Waals surface area contributed by atoms with Crippen molar-refractivity contribution in [2.75, 3.05) is 35.7 Å². The lowest BCUT2D eigenvalue weighted by Gasteiger charge is -2.34. The monoisotopic (exact) mass is 389 g/mol. The van der Waals surface area contributed by atoms with E-state index < -0.39 is 23.0 Å². The van der Waals surface area contributed by atoms with Gasteiger partial charge in [-0.15, -0.1) is 0 Å². The highest BCUT2D eigenvalue weighted by molar-refractivity contribution is 5.72. The first-order valence-electron chi connectivity index (χ1n) is 8.71. The zero-order valence-electron chi connectivity index (χ0n) is 15.1. The zero-order chi connectivity index (χ0) is 20.3. The van der Waals surface area contributed by atoms with Crippen molar-refractivity contribution in [3.63, 3.8) is 0 Å². The van der Waals surface area contributed by atoms with E-state index in [2.05, 4.69) is 15.6 Å². The summed E-state index contributed by atoms with van der Waals surface area (Å²) in [4.78, 5) is 27.7. The van der Waals surface area contributed by atoms with Crippen molar-refractivity contribution < 1.29 is 19.2 Å². The normalized spacial score (nSPS) is 19.1. The van der Waals surface area contributed by atoms with Crippen molar-refractivity contribution >= 4 is 34.7 Å². The highest BCUT2D eigenvalue weighted by Gasteiger charge is 2.34. The fourth-order valence-corrected chi connectivity index (χ4v) is 3.14. The van der Waals surface area contributed by atoms with Crippen LogP contribution in [-0.2, 0) is 4.79 Å². The molecule has 1 aromatic carbocycles. The van der Waals surface area contributed by atoms with Crippen LogP contribution < -0.4 is 15.5 Å². The number of aliphatic carboxylic acids is 1. The van der Waals surface area contributed by atoms with Crippen LogP contribution in [0.2, 0.25) is 0 Å². The van der Waals surface area contributed by atoms with Gasteiger partial charge in [-0.25, -0.2) is 9.37 Å². The van der Waals surface area contributed by atoms with E-state index in [1.54, 1.807) is 36.2 Å². The molecule has 1 saturated heterocycles. The van der Waals surface area contributed by atoms with Crippen LogP contribution in [0.5, 0.6) is 0 Å². The predicted octanol–water partition coefficient (Wildman–Crippen LogP) is 3.02. The van der Waals surface area contributed by atoms with Crippen molar-refractivity contribution in [1.82, 2.24) is 4.98 Å². The van der Waals surface area contributed by atoms with Crippen LogP contribution in [0.25, 0.3) is 0 Å². The topological polar surface area (TPSA) is 121 Å². The lowest BCUT2D eigenvalue weighted by Crippen LogP contribution is -2.44. The molecule has 0 spiro atoms. The van der Waals surface area contributed by atoms with Crippen LogP contribution in [0.4, 0.5) is 33.1 Å². The number of nitrogens with one attached hydrogen (secondary N) is 2. The van der Waals surface area contributed by atoms with Crippen molar-refractivity contribution in [2.45, 2.75) is 12.6 Å². The molecule has 28 heavy (non-hydrogen) atoms. The first-order valence-corrected chi connectivity index (χ1v) is 8.71. The highest BCUT2D eigenvalue weighted by Crippen LogP contribution is 2.30. The molecule has 1 aliphatic rings. The molecule has 10 heteroatoms. The van der Waals surface area contributed by atoms with Crippen LogP contribution in [0.15, 0.2) is 36.4 Å². The van der Waals surface area contributed by atoms with Crippen molar-refractivity contribution in [1.29, 1.82) is 0 Å². The van der Waals surface area contributed by atoms with Crippen molar-refractivity contribution in [3.8, 4) is 0 Å². The average Bonchev–Trinajstić information content (AvgIpc) is 2.68. The minimum atomic E-state index is -1.43. The van der Waals surface area contributed by atoms with Crippen molar-refractivity contribution in [3.05, 3.63) is 46.5 Å². The molecule has 0 saturated carbocycles. The molecule has 2 aromatic rings. The molecule has 2 heterocycles. The number of piperidine rings is 1. The Morgan fingerprint density at radius 2 is 2.04 bits per heavy atom. The summed E-state index contributed by atoms with van der Waals surface area (Å²) in [6, 6.07) is 9.81. The minimum absolute atomic E-state index is 0.0149. The molecule has 0 bridgehead atoms. The second-order valence-corrected chi connectivity index (χ2v) is 6.44. The SMILES string of the molecule is CNc1ccc([N+](=O)[O-])c(Nc2ccc(N3CCC(C(=O)O)C(F)C3)cc2)n1. The minimum Gasteiger partial charge on any atom is -0.481 e. The first-order chi connectivity index (χ1) is 13.4. The number of rotatable bonds is 6.